The number of rotatable bonds is 4. The highest BCUT2D eigenvalue weighted by molar-refractivity contribution is 7.03. The van der Waals surface area contributed by atoms with Crippen LogP contribution in [0.4, 0.5) is 17.6 Å². The average molecular weight is 305 g/mol. The molecule has 0 spiro atoms. The number of nitrogens with one attached hydrogen (secondary N) is 1. The van der Waals surface area contributed by atoms with E-state index >= 15 is 0 Å². The first-order valence-corrected chi connectivity index (χ1v) is 6.64. The van der Waals surface area contributed by atoms with Crippen LogP contribution in [0.5, 0.6) is 0 Å². The van der Waals surface area contributed by atoms with Gasteiger partial charge in [-0.15, -0.1) is 5.10 Å². The van der Waals surface area contributed by atoms with E-state index in [9.17, 15) is 17.6 Å². The molecule has 0 saturated carbocycles. The minimum Gasteiger partial charge on any atom is -0.305 e. The largest absolute Gasteiger partial charge is 0.419 e. The lowest BCUT2D eigenvalue weighted by Gasteiger charge is -2.17. The van der Waals surface area contributed by atoms with Gasteiger partial charge in [-0.1, -0.05) is 17.5 Å². The summed E-state index contributed by atoms with van der Waals surface area (Å²) >= 11 is 1.13. The minimum absolute atomic E-state index is 0.380. The molecule has 0 aliphatic heterocycles. The van der Waals surface area contributed by atoms with Crippen LogP contribution in [0, 0.1) is 5.82 Å². The topological polar surface area (TPSA) is 37.8 Å². The molecule has 0 saturated heterocycles. The number of halogens is 4. The second kappa shape index (κ2) is 5.84. The van der Waals surface area contributed by atoms with Crippen molar-refractivity contribution >= 4 is 11.5 Å². The number of benzene rings is 1. The van der Waals surface area contributed by atoms with Crippen LogP contribution in [0.25, 0.3) is 0 Å². The average Bonchev–Trinajstić information content (AvgIpc) is 2.87. The molecule has 0 amide bonds. The van der Waals surface area contributed by atoms with Gasteiger partial charge in [0.1, 0.15) is 5.82 Å². The predicted octanol–water partition coefficient (Wildman–Crippen LogP) is 3.39. The number of hydrogen-bond donors (Lipinski definition) is 1. The quantitative estimate of drug-likeness (QED) is 0.880. The van der Waals surface area contributed by atoms with Crippen LogP contribution in [0.2, 0.25) is 0 Å². The van der Waals surface area contributed by atoms with Crippen molar-refractivity contribution in [2.75, 3.05) is 6.54 Å². The van der Waals surface area contributed by atoms with E-state index in [0.29, 0.717) is 17.8 Å². The third kappa shape index (κ3) is 3.13. The molecule has 8 heteroatoms. The smallest absolute Gasteiger partial charge is 0.305 e. The van der Waals surface area contributed by atoms with Crippen LogP contribution < -0.4 is 5.32 Å². The Labute approximate surface area is 116 Å². The fourth-order valence-electron chi connectivity index (χ4n) is 1.84. The maximum Gasteiger partial charge on any atom is 0.419 e. The normalized spacial score (nSPS) is 13.4. The maximum absolute atomic E-state index is 13.6. The summed E-state index contributed by atoms with van der Waals surface area (Å²) in [5.74, 6) is -1.29. The van der Waals surface area contributed by atoms with Crippen LogP contribution in [-0.2, 0) is 6.18 Å². The second-order valence-electron chi connectivity index (χ2n) is 4.06. The van der Waals surface area contributed by atoms with Crippen LogP contribution in [0.15, 0.2) is 23.6 Å². The van der Waals surface area contributed by atoms with Crippen molar-refractivity contribution in [1.29, 1.82) is 0 Å². The summed E-state index contributed by atoms with van der Waals surface area (Å²) < 4.78 is 54.9. The Morgan fingerprint density at radius 1 is 1.35 bits per heavy atom. The molecule has 0 aliphatic carbocycles. The Hall–Kier alpha value is -1.54. The van der Waals surface area contributed by atoms with E-state index < -0.39 is 23.6 Å². The fraction of sp³-hybridized carbons (Fsp3) is 0.333. The lowest BCUT2D eigenvalue weighted by Crippen LogP contribution is -2.23. The van der Waals surface area contributed by atoms with E-state index in [1.165, 1.54) is 6.07 Å². The summed E-state index contributed by atoms with van der Waals surface area (Å²) in [6.45, 7) is 2.40. The summed E-state index contributed by atoms with van der Waals surface area (Å²) in [4.78, 5) is 0. The molecular formula is C12H11F4N3S. The molecular weight excluding hydrogens is 294 g/mol. The highest BCUT2D eigenvalue weighted by Gasteiger charge is 2.34. The zero-order valence-electron chi connectivity index (χ0n) is 10.4. The standard InChI is InChI=1S/C12H11F4N3S/c1-2-17-11(10-6-20-19-18-10)7-3-4-8(9(13)5-7)12(14,15)16/h3-6,11,17H,2H2,1H3. The molecule has 0 bridgehead atoms. The highest BCUT2D eigenvalue weighted by Crippen LogP contribution is 2.33. The van der Waals surface area contributed by atoms with Gasteiger partial charge < -0.3 is 5.32 Å². The fourth-order valence-corrected chi connectivity index (χ4v) is 2.32. The van der Waals surface area contributed by atoms with Gasteiger partial charge in [0, 0.05) is 5.38 Å². The van der Waals surface area contributed by atoms with Gasteiger partial charge >= 0.3 is 6.18 Å². The monoisotopic (exact) mass is 305 g/mol. The molecule has 1 unspecified atom stereocenters. The van der Waals surface area contributed by atoms with E-state index in [1.54, 1.807) is 5.38 Å². The van der Waals surface area contributed by atoms with E-state index in [4.69, 9.17) is 0 Å². The SMILES string of the molecule is CCNC(c1ccc(C(F)(F)F)c(F)c1)c1csnn1. The molecule has 1 atom stereocenters. The van der Waals surface area contributed by atoms with Gasteiger partial charge in [0.25, 0.3) is 0 Å². The molecule has 3 nitrogen and oxygen atoms in total. The van der Waals surface area contributed by atoms with Gasteiger partial charge in [0.15, 0.2) is 0 Å². The number of aromatic nitrogens is 2. The van der Waals surface area contributed by atoms with Crippen molar-refractivity contribution in [2.24, 2.45) is 0 Å². The lowest BCUT2D eigenvalue weighted by atomic mass is 10.0. The lowest BCUT2D eigenvalue weighted by molar-refractivity contribution is -0.140. The van der Waals surface area contributed by atoms with Crippen molar-refractivity contribution in [3.63, 3.8) is 0 Å². The number of nitrogens with zero attached hydrogens (tertiary/aromatic N) is 2. The molecule has 2 rings (SSSR count). The van der Waals surface area contributed by atoms with Gasteiger partial charge in [-0.25, -0.2) is 4.39 Å². The molecule has 1 aromatic carbocycles. The second-order valence-corrected chi connectivity index (χ2v) is 4.67. The molecule has 108 valence electrons. The van der Waals surface area contributed by atoms with Crippen molar-refractivity contribution in [3.8, 4) is 0 Å². The van der Waals surface area contributed by atoms with E-state index in [0.717, 1.165) is 23.7 Å². The maximum atomic E-state index is 13.6. The van der Waals surface area contributed by atoms with E-state index in [1.807, 2.05) is 6.92 Å². The van der Waals surface area contributed by atoms with Crippen LogP contribution in [0.1, 0.15) is 29.8 Å². The molecule has 1 N–H and O–H groups in total. The minimum atomic E-state index is -4.70. The Kier molecular flexibility index (Phi) is 4.34. The van der Waals surface area contributed by atoms with Crippen molar-refractivity contribution < 1.29 is 17.6 Å². The van der Waals surface area contributed by atoms with E-state index in [-0.39, 0.29) is 0 Å². The first-order chi connectivity index (χ1) is 9.43. The summed E-state index contributed by atoms with van der Waals surface area (Å²) in [5.41, 5.74) is -0.339. The van der Waals surface area contributed by atoms with Crippen molar-refractivity contribution in [2.45, 2.75) is 19.1 Å². The third-order valence-electron chi connectivity index (χ3n) is 2.71. The molecule has 0 fully saturated rings. The van der Waals surface area contributed by atoms with Crippen LogP contribution in [-0.4, -0.2) is 16.1 Å². The predicted molar refractivity (Wildman–Crippen MR) is 66.8 cm³/mol. The number of hydrogen-bond acceptors (Lipinski definition) is 4. The van der Waals surface area contributed by atoms with Crippen LogP contribution >= 0.6 is 11.5 Å². The van der Waals surface area contributed by atoms with Gasteiger partial charge in [0.2, 0.25) is 0 Å². The van der Waals surface area contributed by atoms with Gasteiger partial charge in [-0.3, -0.25) is 0 Å². The molecule has 2 aromatic rings. The third-order valence-corrected chi connectivity index (χ3v) is 3.24. The number of alkyl halides is 3. The Morgan fingerprint density at radius 2 is 2.10 bits per heavy atom. The van der Waals surface area contributed by atoms with Gasteiger partial charge in [0.05, 0.1) is 17.3 Å². The molecule has 20 heavy (non-hydrogen) atoms. The molecule has 0 aliphatic rings. The molecule has 1 aromatic heterocycles. The summed E-state index contributed by atoms with van der Waals surface area (Å²) in [7, 11) is 0. The van der Waals surface area contributed by atoms with Crippen molar-refractivity contribution in [3.05, 3.63) is 46.2 Å². The van der Waals surface area contributed by atoms with Crippen molar-refractivity contribution in [1.82, 2.24) is 14.9 Å². The van der Waals surface area contributed by atoms with E-state index in [2.05, 4.69) is 14.9 Å². The van der Waals surface area contributed by atoms with Crippen LogP contribution in [0.3, 0.4) is 0 Å². The zero-order valence-corrected chi connectivity index (χ0v) is 11.2. The summed E-state index contributed by atoms with van der Waals surface area (Å²) in [6.07, 6.45) is -4.70. The Bertz CT molecular complexity index is 569. The Morgan fingerprint density at radius 3 is 2.60 bits per heavy atom. The first-order valence-electron chi connectivity index (χ1n) is 5.80. The zero-order chi connectivity index (χ0) is 14.8. The highest BCUT2D eigenvalue weighted by atomic mass is 32.1. The summed E-state index contributed by atoms with van der Waals surface area (Å²) in [5, 5.41) is 8.59. The summed E-state index contributed by atoms with van der Waals surface area (Å²) in [6, 6.07) is 2.40. The Balaban J connectivity index is 2.38. The molecule has 0 radical (unpaired) electrons. The molecule has 1 heterocycles. The first kappa shape index (κ1) is 14.9. The van der Waals surface area contributed by atoms with Gasteiger partial charge in [-0.05, 0) is 35.8 Å². The van der Waals surface area contributed by atoms with Gasteiger partial charge in [-0.2, -0.15) is 13.2 Å².